The molecule has 4 heteroatoms. The Labute approximate surface area is 382 Å². The molecular weight excluding hydrogens is 786 g/mol. The summed E-state index contributed by atoms with van der Waals surface area (Å²) in [5.41, 5.74) is 22.8. The van der Waals surface area contributed by atoms with Crippen LogP contribution in [0.1, 0.15) is 80.7 Å². The van der Waals surface area contributed by atoms with Gasteiger partial charge in [-0.2, -0.15) is 0 Å². The Morgan fingerprint density at radius 3 is 2.09 bits per heavy atom. The number of hydrogen-bond acceptors (Lipinski definition) is 2. The first-order chi connectivity index (χ1) is 31.9. The molecule has 0 saturated heterocycles. The van der Waals surface area contributed by atoms with Crippen molar-refractivity contribution in [3.8, 4) is 16.8 Å². The van der Waals surface area contributed by atoms with Crippen molar-refractivity contribution in [1.82, 2.24) is 4.57 Å². The summed E-state index contributed by atoms with van der Waals surface area (Å²) < 4.78 is 2.67. The van der Waals surface area contributed by atoms with Gasteiger partial charge in [-0.3, -0.25) is 0 Å². The molecule has 15 rings (SSSR count). The van der Waals surface area contributed by atoms with Crippen molar-refractivity contribution in [3.63, 3.8) is 0 Å². The topological polar surface area (TPSA) is 11.4 Å². The monoisotopic (exact) mass is 835 g/mol. The fourth-order valence-corrected chi connectivity index (χ4v) is 15.4. The molecule has 0 amide bonds. The maximum atomic E-state index is 2.92. The van der Waals surface area contributed by atoms with E-state index in [9.17, 15) is 0 Å². The van der Waals surface area contributed by atoms with Crippen LogP contribution in [0.25, 0.3) is 38.6 Å². The molecular formula is C61H50BN3. The summed E-state index contributed by atoms with van der Waals surface area (Å²) in [5.74, 6) is 0. The second-order valence-electron chi connectivity index (χ2n) is 20.8. The average Bonchev–Trinajstić information content (AvgIpc) is 3.90. The highest BCUT2D eigenvalue weighted by Gasteiger charge is 2.65. The van der Waals surface area contributed by atoms with E-state index in [1.54, 1.807) is 0 Å². The number of benzene rings is 8. The van der Waals surface area contributed by atoms with Gasteiger partial charge in [0, 0.05) is 55.6 Å². The van der Waals surface area contributed by atoms with E-state index in [0.29, 0.717) is 0 Å². The van der Waals surface area contributed by atoms with Gasteiger partial charge < -0.3 is 14.4 Å². The molecule has 9 aromatic rings. The van der Waals surface area contributed by atoms with Crippen LogP contribution in [-0.4, -0.2) is 16.8 Å². The third-order valence-electron chi connectivity index (χ3n) is 18.3. The van der Waals surface area contributed by atoms with Crippen molar-refractivity contribution in [2.75, 3.05) is 9.80 Å². The number of aromatic nitrogens is 1. The molecule has 0 spiro atoms. The van der Waals surface area contributed by atoms with E-state index >= 15 is 0 Å². The van der Waals surface area contributed by atoms with Crippen molar-refractivity contribution in [3.05, 3.63) is 204 Å². The summed E-state index contributed by atoms with van der Waals surface area (Å²) in [7, 11) is 0. The Bertz CT molecular complexity index is 3540. The van der Waals surface area contributed by atoms with E-state index in [-0.39, 0.29) is 28.6 Å². The lowest BCUT2D eigenvalue weighted by Gasteiger charge is -2.54. The predicted octanol–water partition coefficient (Wildman–Crippen LogP) is 12.6. The van der Waals surface area contributed by atoms with Gasteiger partial charge in [-0.25, -0.2) is 0 Å². The second kappa shape index (κ2) is 12.3. The van der Waals surface area contributed by atoms with Crippen molar-refractivity contribution in [1.29, 1.82) is 0 Å². The molecule has 8 aromatic carbocycles. The number of fused-ring (bicyclic) bond motifs is 15. The third kappa shape index (κ3) is 4.14. The molecule has 1 aromatic heterocycles. The maximum Gasteiger partial charge on any atom is 0.252 e. The number of nitrogens with zero attached hydrogens (tertiary/aromatic N) is 3. The Kier molecular flexibility index (Phi) is 6.92. The molecule has 4 aliphatic heterocycles. The first-order valence-corrected chi connectivity index (χ1v) is 24.1. The Morgan fingerprint density at radius 1 is 0.508 bits per heavy atom. The smallest absolute Gasteiger partial charge is 0.252 e. The molecule has 4 atom stereocenters. The summed E-state index contributed by atoms with van der Waals surface area (Å²) in [6.45, 7) is 7.89. The van der Waals surface area contributed by atoms with E-state index in [1.807, 2.05) is 0 Å². The Balaban J connectivity index is 1.09. The van der Waals surface area contributed by atoms with Crippen LogP contribution in [0, 0.1) is 0 Å². The zero-order valence-electron chi connectivity index (χ0n) is 37.4. The van der Waals surface area contributed by atoms with Crippen LogP contribution < -0.4 is 26.2 Å². The van der Waals surface area contributed by atoms with E-state index in [1.165, 1.54) is 118 Å². The van der Waals surface area contributed by atoms with Gasteiger partial charge in [0.05, 0.1) is 16.6 Å². The van der Waals surface area contributed by atoms with E-state index in [2.05, 4.69) is 211 Å². The second-order valence-corrected chi connectivity index (χ2v) is 20.8. The van der Waals surface area contributed by atoms with Gasteiger partial charge in [-0.1, -0.05) is 165 Å². The molecule has 65 heavy (non-hydrogen) atoms. The van der Waals surface area contributed by atoms with Gasteiger partial charge in [0.1, 0.15) is 0 Å². The molecule has 0 bridgehead atoms. The third-order valence-corrected chi connectivity index (χ3v) is 18.3. The van der Waals surface area contributed by atoms with Crippen molar-refractivity contribution < 1.29 is 0 Å². The van der Waals surface area contributed by atoms with Crippen LogP contribution in [0.15, 0.2) is 176 Å². The molecule has 5 heterocycles. The Morgan fingerprint density at radius 2 is 1.22 bits per heavy atom. The quantitative estimate of drug-likeness (QED) is 0.164. The highest BCUT2D eigenvalue weighted by Crippen LogP contribution is 2.67. The van der Waals surface area contributed by atoms with Crippen molar-refractivity contribution >= 4 is 67.7 Å². The normalized spacial score (nSPS) is 24.9. The number of para-hydroxylation sites is 3. The molecule has 4 unspecified atom stereocenters. The first kappa shape index (κ1) is 36.6. The number of aryl methyl sites for hydroxylation is 1. The molecule has 2 aliphatic carbocycles. The summed E-state index contributed by atoms with van der Waals surface area (Å²) in [4.78, 5) is 5.74. The van der Waals surface area contributed by atoms with Gasteiger partial charge in [0.15, 0.2) is 0 Å². The fraction of sp³-hybridized carbons (Fsp3) is 0.213. The van der Waals surface area contributed by atoms with E-state index in [0.717, 1.165) is 25.7 Å². The van der Waals surface area contributed by atoms with Gasteiger partial charge in [0.25, 0.3) is 6.71 Å². The highest BCUT2D eigenvalue weighted by molar-refractivity contribution is 7.00. The fourth-order valence-electron chi connectivity index (χ4n) is 15.4. The van der Waals surface area contributed by atoms with Crippen LogP contribution in [0.5, 0.6) is 0 Å². The average molecular weight is 836 g/mol. The van der Waals surface area contributed by atoms with Crippen LogP contribution in [-0.2, 0) is 22.8 Å². The van der Waals surface area contributed by atoms with Crippen LogP contribution in [0.4, 0.5) is 22.7 Å². The summed E-state index contributed by atoms with van der Waals surface area (Å²) in [6.07, 6.45) is 6.87. The maximum absolute atomic E-state index is 2.92. The van der Waals surface area contributed by atoms with Gasteiger partial charge in [-0.05, 0) is 125 Å². The summed E-state index contributed by atoms with van der Waals surface area (Å²) in [5, 5.41) is 2.66. The number of hydrogen-bond donors (Lipinski definition) is 0. The molecule has 6 aliphatic rings. The van der Waals surface area contributed by atoms with Crippen LogP contribution in [0.2, 0.25) is 0 Å². The summed E-state index contributed by atoms with van der Waals surface area (Å²) in [6, 6.07) is 68.4. The predicted molar refractivity (Wildman–Crippen MR) is 272 cm³/mol. The zero-order chi connectivity index (χ0) is 43.0. The summed E-state index contributed by atoms with van der Waals surface area (Å²) >= 11 is 0. The van der Waals surface area contributed by atoms with Crippen LogP contribution in [0.3, 0.4) is 0 Å². The molecule has 0 radical (unpaired) electrons. The minimum Gasteiger partial charge on any atom is -0.335 e. The first-order valence-electron chi connectivity index (χ1n) is 24.1. The Hall–Kier alpha value is -6.78. The van der Waals surface area contributed by atoms with E-state index < -0.39 is 0 Å². The number of rotatable bonds is 3. The largest absolute Gasteiger partial charge is 0.335 e. The lowest BCUT2D eigenvalue weighted by Crippen LogP contribution is -2.64. The lowest BCUT2D eigenvalue weighted by atomic mass is 9.33. The molecule has 3 nitrogen and oxygen atoms in total. The lowest BCUT2D eigenvalue weighted by molar-refractivity contribution is 0.215. The standard InChI is InChI=1S/C61H50BN3/c1-58-35-32-40-20-10-12-25-46(40)60(58,3)64(52-31-30-41(36-48(52)58)39-18-6-4-7-19-39)43-37-53-55-54(38-43)65-57-47(61(42-21-8-5-9-22-42)34-15-14-33-59(61,65)2)26-17-28-50(57)62(55)49-27-16-24-45-44-23-11-13-29-51(44)63(53)56(45)49/h4-13,16-31,36-38H,14-15,32-35H2,1-3H3. The van der Waals surface area contributed by atoms with Gasteiger partial charge in [0.2, 0.25) is 0 Å². The van der Waals surface area contributed by atoms with Crippen molar-refractivity contribution in [2.45, 2.75) is 81.2 Å². The van der Waals surface area contributed by atoms with Crippen molar-refractivity contribution in [2.24, 2.45) is 0 Å². The minimum absolute atomic E-state index is 0.105. The molecule has 1 saturated carbocycles. The highest BCUT2D eigenvalue weighted by atomic mass is 15.3. The molecule has 1 fully saturated rings. The van der Waals surface area contributed by atoms with Gasteiger partial charge >= 0.3 is 0 Å². The van der Waals surface area contributed by atoms with E-state index in [4.69, 9.17) is 0 Å². The zero-order valence-corrected chi connectivity index (χ0v) is 37.4. The minimum atomic E-state index is -0.355. The van der Waals surface area contributed by atoms with Crippen LogP contribution >= 0.6 is 0 Å². The molecule has 312 valence electrons. The van der Waals surface area contributed by atoms with Gasteiger partial charge in [-0.15, -0.1) is 0 Å². The molecule has 0 N–H and O–H groups in total. The number of anilines is 4. The SMILES string of the molecule is CC12CCc3ccccc3C1(C)N(c1cc3c4c(c1)-n1c5ccccc5c5cccc(c51)B4c1cccc4c1N3C1(C)CCCCC41c1ccccc1)c1ccc(-c3ccccc3)cc12.